The molecule has 2 rings (SSSR count). The van der Waals surface area contributed by atoms with Gasteiger partial charge in [-0.2, -0.15) is 22.7 Å². The standard InChI is InChI=1S/C12H8F4N2O3/c13-11(21,12(14,15)16)9-8(10(19)20)6-18(17-9)7-4-2-1-3-5-7/h1-6,21H,(H,19,20). The molecular weight excluding hydrogens is 296 g/mol. The third-order valence-corrected chi connectivity index (χ3v) is 2.65. The highest BCUT2D eigenvalue weighted by molar-refractivity contribution is 5.89. The van der Waals surface area contributed by atoms with E-state index in [1.165, 1.54) is 24.3 Å². The van der Waals surface area contributed by atoms with E-state index < -0.39 is 29.3 Å². The summed E-state index contributed by atoms with van der Waals surface area (Å²) in [7, 11) is 0. The number of para-hydroxylation sites is 1. The molecule has 9 heteroatoms. The topological polar surface area (TPSA) is 75.3 Å². The summed E-state index contributed by atoms with van der Waals surface area (Å²) in [4.78, 5) is 10.9. The molecule has 2 N–H and O–H groups in total. The average Bonchev–Trinajstić information content (AvgIpc) is 2.84. The summed E-state index contributed by atoms with van der Waals surface area (Å²) in [5.74, 6) is -6.70. The lowest BCUT2D eigenvalue weighted by Gasteiger charge is -2.20. The van der Waals surface area contributed by atoms with Crippen molar-refractivity contribution in [1.82, 2.24) is 9.78 Å². The van der Waals surface area contributed by atoms with Crippen LogP contribution in [0.25, 0.3) is 5.69 Å². The zero-order chi connectivity index (χ0) is 15.8. The molecule has 5 nitrogen and oxygen atoms in total. The first-order chi connectivity index (χ1) is 9.64. The van der Waals surface area contributed by atoms with Crippen LogP contribution in [0.2, 0.25) is 0 Å². The molecular formula is C12H8F4N2O3. The van der Waals surface area contributed by atoms with E-state index in [0.29, 0.717) is 6.20 Å². The van der Waals surface area contributed by atoms with Gasteiger partial charge in [-0.05, 0) is 12.1 Å². The van der Waals surface area contributed by atoms with E-state index in [2.05, 4.69) is 5.10 Å². The largest absolute Gasteiger partial charge is 0.478 e. The molecule has 0 saturated carbocycles. The van der Waals surface area contributed by atoms with Crippen molar-refractivity contribution in [3.05, 3.63) is 47.8 Å². The minimum absolute atomic E-state index is 0.212. The second kappa shape index (κ2) is 4.85. The van der Waals surface area contributed by atoms with Gasteiger partial charge >= 0.3 is 18.0 Å². The fraction of sp³-hybridized carbons (Fsp3) is 0.167. The first kappa shape index (κ1) is 15.0. The van der Waals surface area contributed by atoms with E-state index in [9.17, 15) is 22.4 Å². The smallest absolute Gasteiger partial charge is 0.454 e. The van der Waals surface area contributed by atoms with Crippen LogP contribution in [0.3, 0.4) is 0 Å². The molecule has 0 aliphatic heterocycles. The Morgan fingerprint density at radius 3 is 2.19 bits per heavy atom. The highest BCUT2D eigenvalue weighted by Crippen LogP contribution is 2.40. The second-order valence-electron chi connectivity index (χ2n) is 4.10. The lowest BCUT2D eigenvalue weighted by Crippen LogP contribution is -2.39. The first-order valence-corrected chi connectivity index (χ1v) is 5.51. The van der Waals surface area contributed by atoms with E-state index in [0.717, 1.165) is 4.68 Å². The Bertz CT molecular complexity index is 665. The number of carboxylic acids is 1. The molecule has 2 aromatic rings. The minimum Gasteiger partial charge on any atom is -0.478 e. The number of carboxylic acid groups (broad SMARTS) is 1. The molecule has 0 aliphatic rings. The molecule has 21 heavy (non-hydrogen) atoms. The zero-order valence-electron chi connectivity index (χ0n) is 10.2. The molecule has 0 amide bonds. The third kappa shape index (κ3) is 2.59. The molecule has 112 valence electrons. The molecule has 0 fully saturated rings. The first-order valence-electron chi connectivity index (χ1n) is 5.51. The van der Waals surface area contributed by atoms with Crippen molar-refractivity contribution in [2.45, 2.75) is 12.0 Å². The van der Waals surface area contributed by atoms with Gasteiger partial charge in [0.25, 0.3) is 0 Å². The summed E-state index contributed by atoms with van der Waals surface area (Å²) in [6.45, 7) is 0. The summed E-state index contributed by atoms with van der Waals surface area (Å²) in [5.41, 5.74) is -2.49. The number of benzene rings is 1. The van der Waals surface area contributed by atoms with Gasteiger partial charge in [0, 0.05) is 6.20 Å². The number of alkyl halides is 4. The van der Waals surface area contributed by atoms with E-state index >= 15 is 0 Å². The van der Waals surface area contributed by atoms with Crippen LogP contribution < -0.4 is 0 Å². The molecule has 0 spiro atoms. The molecule has 1 aromatic heterocycles. The molecule has 0 saturated heterocycles. The number of nitrogens with zero attached hydrogens (tertiary/aromatic N) is 2. The Balaban J connectivity index is 2.62. The molecule has 1 heterocycles. The summed E-state index contributed by atoms with van der Waals surface area (Å²) in [5, 5.41) is 21.1. The maximum absolute atomic E-state index is 13.6. The van der Waals surface area contributed by atoms with Gasteiger partial charge in [-0.3, -0.25) is 0 Å². The second-order valence-corrected chi connectivity index (χ2v) is 4.10. The van der Waals surface area contributed by atoms with Crippen LogP contribution in [-0.4, -0.2) is 32.1 Å². The number of carbonyl (C=O) groups is 1. The van der Waals surface area contributed by atoms with Crippen molar-refractivity contribution in [2.75, 3.05) is 0 Å². The Hall–Kier alpha value is -2.42. The maximum Gasteiger partial charge on any atom is 0.454 e. The van der Waals surface area contributed by atoms with Crippen molar-refractivity contribution in [1.29, 1.82) is 0 Å². The van der Waals surface area contributed by atoms with Crippen molar-refractivity contribution < 1.29 is 32.6 Å². The van der Waals surface area contributed by atoms with Gasteiger partial charge in [-0.1, -0.05) is 18.2 Å². The minimum atomic E-state index is -5.72. The number of rotatable bonds is 3. The number of aromatic nitrogens is 2. The number of aromatic carboxylic acids is 1. The number of halogens is 4. The molecule has 0 radical (unpaired) electrons. The highest BCUT2D eigenvalue weighted by Gasteiger charge is 2.60. The summed E-state index contributed by atoms with van der Waals surface area (Å²) < 4.78 is 51.8. The Morgan fingerprint density at radius 2 is 1.71 bits per heavy atom. The van der Waals surface area contributed by atoms with Crippen molar-refractivity contribution in [2.24, 2.45) is 0 Å². The van der Waals surface area contributed by atoms with Crippen molar-refractivity contribution in [3.63, 3.8) is 0 Å². The monoisotopic (exact) mass is 304 g/mol. The predicted octanol–water partition coefficient (Wildman–Crippen LogP) is 2.25. The van der Waals surface area contributed by atoms with Crippen LogP contribution in [0.5, 0.6) is 0 Å². The van der Waals surface area contributed by atoms with Gasteiger partial charge in [0.05, 0.1) is 5.69 Å². The molecule has 0 aliphatic carbocycles. The van der Waals surface area contributed by atoms with Gasteiger partial charge in [-0.25, -0.2) is 9.48 Å². The molecule has 0 bridgehead atoms. The van der Waals surface area contributed by atoms with Crippen LogP contribution in [-0.2, 0) is 5.85 Å². The Labute approximate surface area is 115 Å². The molecule has 1 atom stereocenters. The maximum atomic E-state index is 13.6. The number of hydrogen-bond acceptors (Lipinski definition) is 3. The van der Waals surface area contributed by atoms with Gasteiger partial charge in [0.1, 0.15) is 5.56 Å². The Kier molecular flexibility index (Phi) is 3.46. The lowest BCUT2D eigenvalue weighted by molar-refractivity contribution is -0.325. The number of hydrogen-bond donors (Lipinski definition) is 2. The van der Waals surface area contributed by atoms with Crippen molar-refractivity contribution in [3.8, 4) is 5.69 Å². The van der Waals surface area contributed by atoms with Crippen LogP contribution in [0.4, 0.5) is 17.6 Å². The highest BCUT2D eigenvalue weighted by atomic mass is 19.4. The van der Waals surface area contributed by atoms with E-state index in [4.69, 9.17) is 10.2 Å². The van der Waals surface area contributed by atoms with E-state index in [-0.39, 0.29) is 5.69 Å². The molecule has 1 unspecified atom stereocenters. The normalized spacial score (nSPS) is 14.7. The average molecular weight is 304 g/mol. The molecule has 1 aromatic carbocycles. The van der Waals surface area contributed by atoms with Crippen molar-refractivity contribution >= 4 is 5.97 Å². The van der Waals surface area contributed by atoms with Crippen LogP contribution in [0, 0.1) is 0 Å². The third-order valence-electron chi connectivity index (χ3n) is 2.65. The van der Waals surface area contributed by atoms with Gasteiger partial charge in [0.2, 0.25) is 0 Å². The fourth-order valence-electron chi connectivity index (χ4n) is 1.62. The van der Waals surface area contributed by atoms with Crippen LogP contribution in [0.15, 0.2) is 36.5 Å². The lowest BCUT2D eigenvalue weighted by atomic mass is 10.1. The quantitative estimate of drug-likeness (QED) is 0.853. The fourth-order valence-corrected chi connectivity index (χ4v) is 1.62. The van der Waals surface area contributed by atoms with E-state index in [1.807, 2.05) is 0 Å². The van der Waals surface area contributed by atoms with E-state index in [1.54, 1.807) is 6.07 Å². The van der Waals surface area contributed by atoms with Gasteiger partial charge in [-0.15, -0.1) is 0 Å². The summed E-state index contributed by atoms with van der Waals surface area (Å²) >= 11 is 0. The SMILES string of the molecule is O=C(O)c1cn(-c2ccccc2)nc1C(O)(F)C(F)(F)F. The van der Waals surface area contributed by atoms with Crippen LogP contribution in [0.1, 0.15) is 16.1 Å². The van der Waals surface area contributed by atoms with Gasteiger partial charge < -0.3 is 10.2 Å². The predicted molar refractivity (Wildman–Crippen MR) is 61.6 cm³/mol. The Morgan fingerprint density at radius 1 is 1.14 bits per heavy atom. The van der Waals surface area contributed by atoms with Gasteiger partial charge in [0.15, 0.2) is 5.69 Å². The summed E-state index contributed by atoms with van der Waals surface area (Å²) in [6, 6.07) is 7.53. The van der Waals surface area contributed by atoms with Crippen LogP contribution >= 0.6 is 0 Å². The number of aliphatic hydroxyl groups is 1. The summed E-state index contributed by atoms with van der Waals surface area (Å²) in [6.07, 6.45) is -5.02. The zero-order valence-corrected chi connectivity index (χ0v) is 10.2.